The summed E-state index contributed by atoms with van der Waals surface area (Å²) in [6.45, 7) is 1.47. The number of likely N-dealkylation sites (N-methyl/N-ethyl adjacent to an activating group) is 1. The molecule has 5 nitrogen and oxygen atoms in total. The van der Waals surface area contributed by atoms with Crippen molar-refractivity contribution in [2.75, 3.05) is 26.0 Å². The minimum atomic E-state index is -0.617. The third kappa shape index (κ3) is 2.41. The molecule has 4 rings (SSSR count). The highest BCUT2D eigenvalue weighted by atomic mass is 19.1. The zero-order valence-electron chi connectivity index (χ0n) is 14.0. The molecular formula is C19H17FN2O3. The van der Waals surface area contributed by atoms with Crippen LogP contribution in [-0.2, 0) is 17.8 Å². The topological polar surface area (TPSA) is 58.6 Å². The van der Waals surface area contributed by atoms with Crippen molar-refractivity contribution in [1.82, 2.24) is 4.90 Å². The number of ketones is 1. The number of methoxy groups -OCH3 is 1. The molecule has 0 aliphatic carbocycles. The molecule has 0 saturated heterocycles. The molecule has 2 aromatic carbocycles. The third-order valence-electron chi connectivity index (χ3n) is 4.86. The van der Waals surface area contributed by atoms with Gasteiger partial charge in [0.2, 0.25) is 0 Å². The molecule has 2 aromatic rings. The molecule has 1 N–H and O–H groups in total. The number of carbonyl (C=O) groups excluding carboxylic acids is 2. The molecule has 0 unspecified atom stereocenters. The van der Waals surface area contributed by atoms with E-state index in [1.54, 1.807) is 12.1 Å². The average molecular weight is 340 g/mol. The lowest BCUT2D eigenvalue weighted by Gasteiger charge is -2.29. The van der Waals surface area contributed by atoms with Crippen LogP contribution in [0, 0.1) is 5.82 Å². The van der Waals surface area contributed by atoms with E-state index in [0.717, 1.165) is 29.7 Å². The first kappa shape index (κ1) is 15.8. The van der Waals surface area contributed by atoms with Crippen LogP contribution in [0.25, 0.3) is 11.1 Å². The Bertz CT molecular complexity index is 923. The summed E-state index contributed by atoms with van der Waals surface area (Å²) in [6.07, 6.45) is 0.748. The van der Waals surface area contributed by atoms with Gasteiger partial charge in [0.1, 0.15) is 11.6 Å². The Morgan fingerprint density at radius 1 is 1.12 bits per heavy atom. The summed E-state index contributed by atoms with van der Waals surface area (Å²) in [5.74, 6) is -1.01. The minimum Gasteiger partial charge on any atom is -0.496 e. The maximum Gasteiger partial charge on any atom is 0.296 e. The van der Waals surface area contributed by atoms with E-state index >= 15 is 0 Å². The lowest BCUT2D eigenvalue weighted by Crippen LogP contribution is -2.28. The molecule has 0 saturated carbocycles. The van der Waals surface area contributed by atoms with Gasteiger partial charge in [0.25, 0.3) is 11.7 Å². The van der Waals surface area contributed by atoms with Crippen molar-refractivity contribution in [3.05, 3.63) is 46.8 Å². The van der Waals surface area contributed by atoms with Crippen LogP contribution in [0.15, 0.2) is 24.3 Å². The standard InChI is InChI=1S/C19H17FN2O3/c1-22-6-5-11-12(13-7-10(20)3-4-16(13)25-2)8-14-17(15(11)9-22)21-19(24)18(14)23/h3-4,7-8H,5-6,9H2,1-2H3,(H,21,23,24). The first-order valence-electron chi connectivity index (χ1n) is 8.06. The summed E-state index contributed by atoms with van der Waals surface area (Å²) in [6, 6.07) is 6.02. The Kier molecular flexibility index (Phi) is 3.58. The molecule has 0 radical (unpaired) electrons. The first-order chi connectivity index (χ1) is 12.0. The van der Waals surface area contributed by atoms with Crippen molar-refractivity contribution in [2.45, 2.75) is 13.0 Å². The number of amides is 1. The summed E-state index contributed by atoms with van der Waals surface area (Å²) in [5.41, 5.74) is 4.24. The number of hydrogen-bond acceptors (Lipinski definition) is 4. The Balaban J connectivity index is 2.02. The summed E-state index contributed by atoms with van der Waals surface area (Å²) in [5, 5.41) is 2.69. The van der Waals surface area contributed by atoms with Crippen LogP contribution in [0.2, 0.25) is 0 Å². The molecule has 0 aromatic heterocycles. The van der Waals surface area contributed by atoms with E-state index in [1.165, 1.54) is 19.2 Å². The number of ether oxygens (including phenoxy) is 1. The number of benzene rings is 2. The van der Waals surface area contributed by atoms with Gasteiger partial charge in [0.05, 0.1) is 18.4 Å². The second-order valence-electron chi connectivity index (χ2n) is 6.42. The van der Waals surface area contributed by atoms with Crippen LogP contribution in [-0.4, -0.2) is 37.3 Å². The van der Waals surface area contributed by atoms with Crippen molar-refractivity contribution < 1.29 is 18.7 Å². The van der Waals surface area contributed by atoms with Crippen LogP contribution >= 0.6 is 0 Å². The van der Waals surface area contributed by atoms with E-state index in [1.807, 2.05) is 7.05 Å². The summed E-state index contributed by atoms with van der Waals surface area (Å²) in [7, 11) is 3.52. The van der Waals surface area contributed by atoms with Crippen molar-refractivity contribution in [3.8, 4) is 16.9 Å². The summed E-state index contributed by atoms with van der Waals surface area (Å²) >= 11 is 0. The third-order valence-corrected chi connectivity index (χ3v) is 4.86. The van der Waals surface area contributed by atoms with Gasteiger partial charge in [-0.25, -0.2) is 4.39 Å². The largest absolute Gasteiger partial charge is 0.496 e. The predicted octanol–water partition coefficient (Wildman–Crippen LogP) is 2.62. The maximum absolute atomic E-state index is 13.9. The van der Waals surface area contributed by atoms with Crippen molar-refractivity contribution in [1.29, 1.82) is 0 Å². The van der Waals surface area contributed by atoms with E-state index in [2.05, 4.69) is 10.2 Å². The number of nitrogens with zero attached hydrogens (tertiary/aromatic N) is 1. The number of rotatable bonds is 2. The quantitative estimate of drug-likeness (QED) is 0.854. The van der Waals surface area contributed by atoms with Gasteiger partial charge in [0, 0.05) is 18.7 Å². The Hall–Kier alpha value is -2.73. The van der Waals surface area contributed by atoms with Crippen molar-refractivity contribution in [2.24, 2.45) is 0 Å². The highest BCUT2D eigenvalue weighted by Crippen LogP contribution is 2.42. The van der Waals surface area contributed by atoms with Gasteiger partial charge < -0.3 is 15.0 Å². The number of anilines is 1. The van der Waals surface area contributed by atoms with Gasteiger partial charge in [-0.2, -0.15) is 0 Å². The molecule has 25 heavy (non-hydrogen) atoms. The highest BCUT2D eigenvalue weighted by molar-refractivity contribution is 6.52. The van der Waals surface area contributed by atoms with E-state index in [-0.39, 0.29) is 5.82 Å². The molecule has 6 heteroatoms. The second kappa shape index (κ2) is 5.67. The van der Waals surface area contributed by atoms with Crippen LogP contribution in [0.5, 0.6) is 5.75 Å². The van der Waals surface area contributed by atoms with Crippen molar-refractivity contribution >= 4 is 17.4 Å². The zero-order chi connectivity index (χ0) is 17.7. The normalized spacial score (nSPS) is 16.4. The Labute approximate surface area is 144 Å². The number of Topliss-reactive ketones (excluding diaryl/α,β-unsaturated/α-hetero) is 1. The molecule has 2 heterocycles. The van der Waals surface area contributed by atoms with Gasteiger partial charge in [-0.05, 0) is 54.4 Å². The summed E-state index contributed by atoms with van der Waals surface area (Å²) < 4.78 is 19.3. The van der Waals surface area contributed by atoms with Gasteiger partial charge in [0.15, 0.2) is 0 Å². The molecule has 0 spiro atoms. The summed E-state index contributed by atoms with van der Waals surface area (Å²) in [4.78, 5) is 26.2. The molecule has 2 aliphatic heterocycles. The number of carbonyl (C=O) groups is 2. The average Bonchev–Trinajstić information content (AvgIpc) is 2.89. The van der Waals surface area contributed by atoms with Gasteiger partial charge in [-0.1, -0.05) is 0 Å². The van der Waals surface area contributed by atoms with Gasteiger partial charge in [-0.15, -0.1) is 0 Å². The number of hydrogen-bond donors (Lipinski definition) is 1. The Morgan fingerprint density at radius 3 is 2.68 bits per heavy atom. The van der Waals surface area contributed by atoms with Crippen LogP contribution < -0.4 is 10.1 Å². The van der Waals surface area contributed by atoms with E-state index < -0.39 is 11.7 Å². The van der Waals surface area contributed by atoms with Crippen molar-refractivity contribution in [3.63, 3.8) is 0 Å². The number of fused-ring (bicyclic) bond motifs is 3. The van der Waals surface area contributed by atoms with Crippen LogP contribution in [0.1, 0.15) is 21.5 Å². The fourth-order valence-corrected chi connectivity index (χ4v) is 3.64. The predicted molar refractivity (Wildman–Crippen MR) is 91.4 cm³/mol. The lowest BCUT2D eigenvalue weighted by atomic mass is 9.87. The molecule has 0 atom stereocenters. The first-order valence-corrected chi connectivity index (χ1v) is 8.06. The number of nitrogens with one attached hydrogen (secondary N) is 1. The van der Waals surface area contributed by atoms with E-state index in [0.29, 0.717) is 29.1 Å². The van der Waals surface area contributed by atoms with Crippen LogP contribution in [0.3, 0.4) is 0 Å². The fraction of sp³-hybridized carbons (Fsp3) is 0.263. The molecule has 1 amide bonds. The molecular weight excluding hydrogens is 323 g/mol. The molecule has 2 aliphatic rings. The smallest absolute Gasteiger partial charge is 0.296 e. The zero-order valence-corrected chi connectivity index (χ0v) is 14.0. The second-order valence-corrected chi connectivity index (χ2v) is 6.42. The molecule has 0 bridgehead atoms. The van der Waals surface area contributed by atoms with Crippen LogP contribution in [0.4, 0.5) is 10.1 Å². The highest BCUT2D eigenvalue weighted by Gasteiger charge is 2.34. The number of halogens is 1. The Morgan fingerprint density at radius 2 is 1.92 bits per heavy atom. The minimum absolute atomic E-state index is 0.348. The van der Waals surface area contributed by atoms with E-state index in [4.69, 9.17) is 4.74 Å². The monoisotopic (exact) mass is 340 g/mol. The molecule has 0 fully saturated rings. The lowest BCUT2D eigenvalue weighted by molar-refractivity contribution is -0.112. The fourth-order valence-electron chi connectivity index (χ4n) is 3.64. The maximum atomic E-state index is 13.9. The van der Waals surface area contributed by atoms with Gasteiger partial charge in [-0.3, -0.25) is 9.59 Å². The van der Waals surface area contributed by atoms with Gasteiger partial charge >= 0.3 is 0 Å². The molecule has 128 valence electrons. The SMILES string of the molecule is COc1ccc(F)cc1-c1cc2c(c3c1CCN(C)C3)NC(=O)C2=O. The van der Waals surface area contributed by atoms with E-state index in [9.17, 15) is 14.0 Å².